The van der Waals surface area contributed by atoms with Crippen LogP contribution in [0.5, 0.6) is 0 Å². The maximum Gasteiger partial charge on any atom is 0.189 e. The van der Waals surface area contributed by atoms with Gasteiger partial charge in [-0.1, -0.05) is 96.0 Å². The number of hydrogen-bond acceptors (Lipinski definition) is 5. The van der Waals surface area contributed by atoms with E-state index in [-0.39, 0.29) is 23.5 Å². The van der Waals surface area contributed by atoms with Crippen LogP contribution in [0, 0.1) is 5.41 Å². The smallest absolute Gasteiger partial charge is 0.189 e. The molecule has 3 fully saturated rings. The normalized spacial score (nSPS) is 29.9. The summed E-state index contributed by atoms with van der Waals surface area (Å²) in [4.78, 5) is 35.4. The fraction of sp³-hybridized carbons (Fsp3) is 0.257. The molecule has 0 bridgehead atoms. The second-order valence-electron chi connectivity index (χ2n) is 11.9. The van der Waals surface area contributed by atoms with E-state index in [1.165, 1.54) is 0 Å². The molecular formula is C35H28Cl2N2O2S. The van der Waals surface area contributed by atoms with E-state index in [9.17, 15) is 0 Å². The van der Waals surface area contributed by atoms with Crippen molar-refractivity contribution in [1.29, 1.82) is 0 Å². The van der Waals surface area contributed by atoms with Gasteiger partial charge in [0.05, 0.1) is 5.41 Å². The van der Waals surface area contributed by atoms with Gasteiger partial charge in [0.2, 0.25) is 0 Å². The van der Waals surface area contributed by atoms with Crippen molar-refractivity contribution in [3.63, 3.8) is 0 Å². The molecule has 2 spiro atoms. The third-order valence-electron chi connectivity index (χ3n) is 9.91. The summed E-state index contributed by atoms with van der Waals surface area (Å²) in [6, 6.07) is 27.6. The monoisotopic (exact) mass is 610 g/mol. The summed E-state index contributed by atoms with van der Waals surface area (Å²) in [5, 5.41) is 3.22. The molecule has 0 radical (unpaired) electrons. The lowest BCUT2D eigenvalue weighted by Gasteiger charge is -2.52. The molecular weight excluding hydrogens is 583 g/mol. The van der Waals surface area contributed by atoms with Gasteiger partial charge in [0.1, 0.15) is 5.54 Å². The number of fused-ring (bicyclic) bond motifs is 4. The van der Waals surface area contributed by atoms with Crippen LogP contribution < -0.4 is 0 Å². The minimum absolute atomic E-state index is 0.0167. The zero-order valence-corrected chi connectivity index (χ0v) is 25.3. The van der Waals surface area contributed by atoms with E-state index in [1.54, 1.807) is 0 Å². The number of Topliss-reactive ketones (excluding diaryl/α,β-unsaturated/α-hetero) is 2. The van der Waals surface area contributed by atoms with Crippen LogP contribution in [0.15, 0.2) is 90.5 Å². The highest BCUT2D eigenvalue weighted by Crippen LogP contribution is 2.69. The lowest BCUT2D eigenvalue weighted by molar-refractivity contribution is -0.134. The molecule has 42 heavy (non-hydrogen) atoms. The third-order valence-corrected chi connectivity index (χ3v) is 11.6. The Bertz CT molecular complexity index is 1850. The van der Waals surface area contributed by atoms with Crippen molar-refractivity contribution < 1.29 is 9.59 Å². The molecule has 4 atom stereocenters. The maximum atomic E-state index is 15.5. The van der Waals surface area contributed by atoms with Crippen molar-refractivity contribution in [3.8, 4) is 0 Å². The van der Waals surface area contributed by atoms with Crippen LogP contribution in [0.4, 0.5) is 0 Å². The van der Waals surface area contributed by atoms with E-state index in [2.05, 4.69) is 41.1 Å². The van der Waals surface area contributed by atoms with Crippen molar-refractivity contribution in [1.82, 2.24) is 9.80 Å². The zero-order valence-electron chi connectivity index (χ0n) is 23.0. The molecule has 4 nitrogen and oxygen atoms in total. The van der Waals surface area contributed by atoms with Gasteiger partial charge < -0.3 is 4.90 Å². The fourth-order valence-corrected chi connectivity index (χ4v) is 10.3. The van der Waals surface area contributed by atoms with E-state index < -0.39 is 11.0 Å². The Labute approximate surface area is 259 Å². The quantitative estimate of drug-likeness (QED) is 0.223. The van der Waals surface area contributed by atoms with Gasteiger partial charge in [0.15, 0.2) is 11.6 Å². The summed E-state index contributed by atoms with van der Waals surface area (Å²) in [5.74, 6) is 1.24. The summed E-state index contributed by atoms with van der Waals surface area (Å²) >= 11 is 15.4. The number of carbonyl (C=O) groups excluding carboxylic acids is 2. The van der Waals surface area contributed by atoms with Crippen LogP contribution in [0.3, 0.4) is 0 Å². The van der Waals surface area contributed by atoms with Gasteiger partial charge >= 0.3 is 0 Å². The first-order chi connectivity index (χ1) is 20.4. The first-order valence-corrected chi connectivity index (χ1v) is 16.1. The first-order valence-electron chi connectivity index (χ1n) is 14.2. The highest BCUT2D eigenvalue weighted by atomic mass is 35.5. The number of rotatable bonds is 2. The lowest BCUT2D eigenvalue weighted by atomic mass is 9.55. The predicted octanol–water partition coefficient (Wildman–Crippen LogP) is 7.30. The molecule has 3 aliphatic heterocycles. The Morgan fingerprint density at radius 2 is 1.62 bits per heavy atom. The molecule has 3 saturated heterocycles. The fourth-order valence-electron chi connectivity index (χ4n) is 8.58. The van der Waals surface area contributed by atoms with Crippen molar-refractivity contribution in [2.45, 2.75) is 17.5 Å². The number of ketones is 2. The molecule has 8 rings (SSSR count). The highest BCUT2D eigenvalue weighted by Gasteiger charge is 2.78. The van der Waals surface area contributed by atoms with E-state index in [1.807, 2.05) is 78.5 Å². The third kappa shape index (κ3) is 3.29. The Hall–Kier alpha value is -2.93. The molecule has 0 aromatic heterocycles. The molecule has 4 aliphatic rings. The average Bonchev–Trinajstić information content (AvgIpc) is 3.62. The molecule has 1 unspecified atom stereocenters. The molecule has 7 heteroatoms. The Morgan fingerprint density at radius 3 is 2.40 bits per heavy atom. The zero-order chi connectivity index (χ0) is 28.8. The van der Waals surface area contributed by atoms with Gasteiger partial charge in [-0.05, 0) is 52.7 Å². The lowest BCUT2D eigenvalue weighted by Crippen LogP contribution is -2.65. The topological polar surface area (TPSA) is 40.6 Å². The van der Waals surface area contributed by atoms with E-state index in [0.29, 0.717) is 40.1 Å². The van der Waals surface area contributed by atoms with Crippen molar-refractivity contribution in [3.05, 3.63) is 123 Å². The number of benzene rings is 4. The SMILES string of the molecule is CN1C/C(=C\c2ccccc2Cl)C(=O)C2(C1)[C@@H](c1ccccc1Cl)[C@@H]1CSCN1[C@@]21C(=O)c2cccc3cccc1c23. The van der Waals surface area contributed by atoms with Crippen LogP contribution in [-0.4, -0.2) is 59.2 Å². The van der Waals surface area contributed by atoms with Gasteiger partial charge in [-0.2, -0.15) is 0 Å². The number of halogens is 2. The Balaban J connectivity index is 1.48. The van der Waals surface area contributed by atoms with Crippen LogP contribution in [0.2, 0.25) is 10.0 Å². The van der Waals surface area contributed by atoms with Crippen molar-refractivity contribution in [2.24, 2.45) is 5.41 Å². The van der Waals surface area contributed by atoms with Gasteiger partial charge in [-0.25, -0.2) is 0 Å². The van der Waals surface area contributed by atoms with E-state index in [0.717, 1.165) is 33.2 Å². The summed E-state index contributed by atoms with van der Waals surface area (Å²) in [7, 11) is 2.05. The largest absolute Gasteiger partial charge is 0.301 e. The van der Waals surface area contributed by atoms with Crippen LogP contribution in [0.1, 0.15) is 33.0 Å². The second-order valence-corrected chi connectivity index (χ2v) is 13.8. The molecule has 4 aromatic carbocycles. The minimum atomic E-state index is -1.17. The summed E-state index contributed by atoms with van der Waals surface area (Å²) in [5.41, 5.74) is 1.77. The van der Waals surface area contributed by atoms with Crippen LogP contribution in [-0.2, 0) is 10.3 Å². The van der Waals surface area contributed by atoms with E-state index >= 15 is 9.59 Å². The standard InChI is InChI=1S/C35H28Cl2N2O2S/c1-38-17-23(16-22-8-2-4-14-27(22)36)32(40)34(19-38)31(24-11-3-5-15-28(24)37)29-18-42-20-39(29)35(34)26-13-7-10-21-9-6-12-25(30(21)26)33(35)41/h2-16,29,31H,17-20H2,1H3/b23-16+/t29-,31-,34?,35-/m0/s1. The van der Waals surface area contributed by atoms with Gasteiger partial charge in [0.25, 0.3) is 0 Å². The Morgan fingerprint density at radius 1 is 0.881 bits per heavy atom. The summed E-state index contributed by atoms with van der Waals surface area (Å²) < 4.78 is 0. The number of piperidine rings is 1. The predicted molar refractivity (Wildman–Crippen MR) is 171 cm³/mol. The van der Waals surface area contributed by atoms with Gasteiger partial charge in [0, 0.05) is 57.9 Å². The number of likely N-dealkylation sites (N-methyl/N-ethyl adjacent to an activating group) is 1. The molecule has 0 saturated carbocycles. The number of nitrogens with zero attached hydrogens (tertiary/aromatic N) is 2. The molecule has 0 N–H and O–H groups in total. The first kappa shape index (κ1) is 26.7. The van der Waals surface area contributed by atoms with Crippen molar-refractivity contribution >= 4 is 63.4 Å². The van der Waals surface area contributed by atoms with Gasteiger partial charge in [-0.15, -0.1) is 11.8 Å². The van der Waals surface area contributed by atoms with Crippen LogP contribution in [0.25, 0.3) is 16.8 Å². The summed E-state index contributed by atoms with van der Waals surface area (Å²) in [6.45, 7) is 0.914. The van der Waals surface area contributed by atoms with Crippen molar-refractivity contribution in [2.75, 3.05) is 31.8 Å². The van der Waals surface area contributed by atoms with E-state index in [4.69, 9.17) is 23.2 Å². The number of thioether (sulfide) groups is 1. The number of carbonyl (C=O) groups is 2. The van der Waals surface area contributed by atoms with Crippen LogP contribution >= 0.6 is 35.0 Å². The minimum Gasteiger partial charge on any atom is -0.301 e. The average molecular weight is 612 g/mol. The molecule has 1 aliphatic carbocycles. The molecule has 3 heterocycles. The molecule has 210 valence electrons. The van der Waals surface area contributed by atoms with Gasteiger partial charge in [-0.3, -0.25) is 14.5 Å². The molecule has 4 aromatic rings. The summed E-state index contributed by atoms with van der Waals surface area (Å²) in [6.07, 6.45) is 1.94. The highest BCUT2D eigenvalue weighted by molar-refractivity contribution is 7.99. The second kappa shape index (κ2) is 9.54. The number of likely N-dealkylation sites (tertiary alicyclic amines) is 1. The maximum absolute atomic E-state index is 15.5. The molecule has 0 amide bonds. The number of hydrogen-bond donors (Lipinski definition) is 0. The Kier molecular flexibility index (Phi) is 6.06.